The molecule has 0 amide bonds. The molecule has 0 radical (unpaired) electrons. The van der Waals surface area contributed by atoms with Crippen LogP contribution in [-0.2, 0) is 15.9 Å². The molecule has 0 saturated carbocycles. The molecule has 0 spiro atoms. The minimum atomic E-state index is -0.106. The first-order chi connectivity index (χ1) is 12.2. The van der Waals surface area contributed by atoms with Gasteiger partial charge in [-0.2, -0.15) is 0 Å². The van der Waals surface area contributed by atoms with E-state index in [4.69, 9.17) is 19.1 Å². The SMILES string of the molecule is Pc1ccc2ccccc2c1-c1c(P)ccc2ccccc12.[Cl][Pd][Cl]. The van der Waals surface area contributed by atoms with Crippen molar-refractivity contribution in [3.8, 4) is 11.1 Å². The van der Waals surface area contributed by atoms with Crippen LogP contribution in [0.4, 0.5) is 0 Å². The van der Waals surface area contributed by atoms with Crippen molar-refractivity contribution in [3.63, 3.8) is 0 Å². The molecule has 2 atom stereocenters. The van der Waals surface area contributed by atoms with Gasteiger partial charge < -0.3 is 0 Å². The molecule has 4 aromatic rings. The molecule has 0 aliphatic rings. The summed E-state index contributed by atoms with van der Waals surface area (Å²) in [6, 6.07) is 26.0. The van der Waals surface area contributed by atoms with E-state index < -0.39 is 0 Å². The van der Waals surface area contributed by atoms with Gasteiger partial charge in [0, 0.05) is 0 Å². The van der Waals surface area contributed by atoms with Crippen LogP contribution in [0.3, 0.4) is 0 Å². The number of benzene rings is 4. The molecule has 0 N–H and O–H groups in total. The van der Waals surface area contributed by atoms with E-state index in [0.717, 1.165) is 0 Å². The van der Waals surface area contributed by atoms with Crippen LogP contribution in [0.5, 0.6) is 0 Å². The Kier molecular flexibility index (Phi) is 6.88. The van der Waals surface area contributed by atoms with Gasteiger partial charge in [0.25, 0.3) is 0 Å². The Morgan fingerprint density at radius 2 is 0.920 bits per heavy atom. The van der Waals surface area contributed by atoms with Crippen LogP contribution in [0.25, 0.3) is 32.7 Å². The zero-order valence-corrected chi connectivity index (χ0v) is 18.5. The third kappa shape index (κ3) is 4.10. The molecule has 0 fully saturated rings. The fraction of sp³-hybridized carbons (Fsp3) is 0. The van der Waals surface area contributed by atoms with Crippen molar-refractivity contribution in [1.29, 1.82) is 0 Å². The second-order valence-electron chi connectivity index (χ2n) is 5.55. The number of hydrogen-bond acceptors (Lipinski definition) is 0. The standard InChI is InChI=1S/C20H16P2.2ClH.Pd/c21-17-11-9-13-5-1-3-7-15(13)19(17)20-16-8-4-2-6-14(16)10-12-18(20)22;;;/h1-12H,21-22H2;2*1H;/q;;;+2/p-2. The van der Waals surface area contributed by atoms with Gasteiger partial charge >= 0.3 is 35.0 Å². The maximum absolute atomic E-state index is 4.81. The predicted octanol–water partition coefficient (Wildman–Crippen LogP) is 6.04. The second-order valence-corrected chi connectivity index (χ2v) is 9.15. The van der Waals surface area contributed by atoms with Crippen LogP contribution in [-0.4, -0.2) is 0 Å². The van der Waals surface area contributed by atoms with Crippen LogP contribution in [0, 0.1) is 0 Å². The molecule has 130 valence electrons. The van der Waals surface area contributed by atoms with Crippen LogP contribution in [0.1, 0.15) is 0 Å². The summed E-state index contributed by atoms with van der Waals surface area (Å²) in [7, 11) is 15.4. The number of halogens is 2. The summed E-state index contributed by atoms with van der Waals surface area (Å²) in [4.78, 5) is 0. The van der Waals surface area contributed by atoms with Crippen LogP contribution in [0.2, 0.25) is 0 Å². The molecule has 0 heterocycles. The van der Waals surface area contributed by atoms with Crippen molar-refractivity contribution in [3.05, 3.63) is 72.8 Å². The van der Waals surface area contributed by atoms with Crippen LogP contribution >= 0.6 is 37.5 Å². The van der Waals surface area contributed by atoms with E-state index >= 15 is 0 Å². The van der Waals surface area contributed by atoms with Crippen LogP contribution in [0.15, 0.2) is 72.8 Å². The minimum absolute atomic E-state index is 0.106. The van der Waals surface area contributed by atoms with Crippen molar-refractivity contribution in [2.75, 3.05) is 0 Å². The van der Waals surface area contributed by atoms with Crippen molar-refractivity contribution in [2.24, 2.45) is 0 Å². The van der Waals surface area contributed by atoms with E-state index in [1.165, 1.54) is 43.3 Å². The Bertz CT molecular complexity index is 951. The van der Waals surface area contributed by atoms with E-state index in [0.29, 0.717) is 0 Å². The summed E-state index contributed by atoms with van der Waals surface area (Å²) >= 11 is -0.106. The number of rotatable bonds is 1. The van der Waals surface area contributed by atoms with Crippen molar-refractivity contribution in [1.82, 2.24) is 0 Å². The van der Waals surface area contributed by atoms with Gasteiger partial charge in [-0.25, -0.2) is 0 Å². The molecule has 25 heavy (non-hydrogen) atoms. The third-order valence-corrected chi connectivity index (χ3v) is 5.13. The zero-order valence-electron chi connectivity index (χ0n) is 13.2. The normalized spacial score (nSPS) is 10.7. The number of fused-ring (bicyclic) bond motifs is 2. The summed E-state index contributed by atoms with van der Waals surface area (Å²) in [6.45, 7) is 0. The average Bonchev–Trinajstić information content (AvgIpc) is 2.63. The molecular formula is C20H16Cl2P2Pd. The van der Waals surface area contributed by atoms with Gasteiger partial charge in [-0.15, -0.1) is 18.5 Å². The molecule has 0 aromatic heterocycles. The molecule has 4 rings (SSSR count). The predicted molar refractivity (Wildman–Crippen MR) is 117 cm³/mol. The first-order valence-corrected chi connectivity index (χ1v) is 12.7. The molecule has 0 bridgehead atoms. The molecular weight excluding hydrogens is 479 g/mol. The fourth-order valence-corrected chi connectivity index (χ4v) is 3.93. The van der Waals surface area contributed by atoms with Gasteiger partial charge in [0.05, 0.1) is 0 Å². The number of hydrogen-bond donors (Lipinski definition) is 0. The molecule has 2 unspecified atom stereocenters. The van der Waals surface area contributed by atoms with Gasteiger partial charge in [-0.1, -0.05) is 72.8 Å². The van der Waals surface area contributed by atoms with Crippen molar-refractivity contribution in [2.45, 2.75) is 0 Å². The summed E-state index contributed by atoms with van der Waals surface area (Å²) in [5.41, 5.74) is 2.62. The quantitative estimate of drug-likeness (QED) is 0.223. The van der Waals surface area contributed by atoms with Gasteiger partial charge in [-0.3, -0.25) is 0 Å². The van der Waals surface area contributed by atoms with Crippen molar-refractivity contribution >= 4 is 69.7 Å². The van der Waals surface area contributed by atoms with Gasteiger partial charge in [-0.05, 0) is 43.3 Å². The molecule has 0 aliphatic carbocycles. The van der Waals surface area contributed by atoms with E-state index in [1.807, 2.05) is 0 Å². The Morgan fingerprint density at radius 3 is 1.32 bits per heavy atom. The first-order valence-electron chi connectivity index (χ1n) is 7.54. The maximum atomic E-state index is 4.81. The second kappa shape index (κ2) is 8.93. The Balaban J connectivity index is 0.000000569. The monoisotopic (exact) mass is 494 g/mol. The molecule has 0 nitrogen and oxygen atoms in total. The van der Waals surface area contributed by atoms with E-state index in [9.17, 15) is 0 Å². The van der Waals surface area contributed by atoms with Gasteiger partial charge in [0.1, 0.15) is 0 Å². The Hall–Kier alpha value is -0.498. The third-order valence-electron chi connectivity index (χ3n) is 4.17. The molecule has 0 saturated heterocycles. The summed E-state index contributed by atoms with van der Waals surface area (Å²) < 4.78 is 0. The molecule has 4 aromatic carbocycles. The first kappa shape index (κ1) is 19.3. The fourth-order valence-electron chi connectivity index (χ4n) is 3.13. The van der Waals surface area contributed by atoms with E-state index in [-0.39, 0.29) is 15.9 Å². The zero-order chi connectivity index (χ0) is 17.8. The average molecular weight is 496 g/mol. The Labute approximate surface area is 168 Å². The van der Waals surface area contributed by atoms with Crippen molar-refractivity contribution < 1.29 is 15.9 Å². The van der Waals surface area contributed by atoms with E-state index in [1.54, 1.807) is 0 Å². The summed E-state index contributed by atoms with van der Waals surface area (Å²) in [5.74, 6) is 0. The summed E-state index contributed by atoms with van der Waals surface area (Å²) in [5, 5.41) is 7.63. The Morgan fingerprint density at radius 1 is 0.560 bits per heavy atom. The van der Waals surface area contributed by atoms with E-state index in [2.05, 4.69) is 91.3 Å². The van der Waals surface area contributed by atoms with Gasteiger partial charge in [0.15, 0.2) is 0 Å². The topological polar surface area (TPSA) is 0 Å². The molecule has 0 aliphatic heterocycles. The molecule has 5 heteroatoms. The van der Waals surface area contributed by atoms with Crippen LogP contribution < -0.4 is 10.6 Å². The van der Waals surface area contributed by atoms with Gasteiger partial charge in [0.2, 0.25) is 0 Å². The summed E-state index contributed by atoms with van der Waals surface area (Å²) in [6.07, 6.45) is 0.